The Balaban J connectivity index is 1.83. The maximum absolute atomic E-state index is 11.6. The maximum Gasteiger partial charge on any atom is 0.274 e. The van der Waals surface area contributed by atoms with Gasteiger partial charge in [0.05, 0.1) is 4.92 Å². The van der Waals surface area contributed by atoms with Crippen LogP contribution in [0.3, 0.4) is 0 Å². The summed E-state index contributed by atoms with van der Waals surface area (Å²) in [6, 6.07) is 18.8. The summed E-state index contributed by atoms with van der Waals surface area (Å²) in [6.45, 7) is 3.95. The molecule has 7 heteroatoms. The van der Waals surface area contributed by atoms with E-state index >= 15 is 0 Å². The lowest BCUT2D eigenvalue weighted by Gasteiger charge is -2.22. The van der Waals surface area contributed by atoms with Gasteiger partial charge in [0.15, 0.2) is 0 Å². The Bertz CT molecular complexity index is 1000. The normalized spacial score (nSPS) is 11.0. The molecule has 29 heavy (non-hydrogen) atoms. The molecule has 0 unspecified atom stereocenters. The molecule has 0 atom stereocenters. The van der Waals surface area contributed by atoms with Gasteiger partial charge in [-0.2, -0.15) is 0 Å². The lowest BCUT2D eigenvalue weighted by atomic mass is 10.1. The van der Waals surface area contributed by atoms with Crippen molar-refractivity contribution in [2.24, 2.45) is 5.73 Å². The van der Waals surface area contributed by atoms with Gasteiger partial charge in [-0.1, -0.05) is 36.4 Å². The van der Waals surface area contributed by atoms with E-state index in [2.05, 4.69) is 36.1 Å². The van der Waals surface area contributed by atoms with Crippen molar-refractivity contribution in [1.82, 2.24) is 4.90 Å². The molecule has 0 aliphatic carbocycles. The number of thiophene rings is 1. The standard InChI is InChI=1S/C22H23N3O3S/c1-16-7-10-20(29-16)15-24(12-11-17-5-3-2-4-6-17)14-19-9-8-18(22(23)26)13-21(19)25(27)28/h2-10,13H,11-12,14-15H2,1H3,(H2,23,26). The van der Waals surface area contributed by atoms with Crippen molar-refractivity contribution in [3.8, 4) is 0 Å². The van der Waals surface area contributed by atoms with Crippen LogP contribution in [0.25, 0.3) is 0 Å². The van der Waals surface area contributed by atoms with E-state index in [4.69, 9.17) is 5.73 Å². The molecule has 1 heterocycles. The van der Waals surface area contributed by atoms with Gasteiger partial charge < -0.3 is 5.73 Å². The highest BCUT2D eigenvalue weighted by atomic mass is 32.1. The first-order valence-corrected chi connectivity index (χ1v) is 10.1. The molecular formula is C22H23N3O3S. The second kappa shape index (κ2) is 9.45. The van der Waals surface area contributed by atoms with E-state index in [0.717, 1.165) is 13.0 Å². The van der Waals surface area contributed by atoms with E-state index in [0.29, 0.717) is 18.7 Å². The average molecular weight is 410 g/mol. The molecule has 3 aromatic rings. The van der Waals surface area contributed by atoms with Crippen molar-refractivity contribution in [3.63, 3.8) is 0 Å². The Kier molecular flexibility index (Phi) is 6.74. The van der Waals surface area contributed by atoms with Crippen LogP contribution in [0.15, 0.2) is 60.7 Å². The molecule has 0 fully saturated rings. The van der Waals surface area contributed by atoms with Gasteiger partial charge in [0.25, 0.3) is 5.69 Å². The first kappa shape index (κ1) is 20.7. The highest BCUT2D eigenvalue weighted by molar-refractivity contribution is 7.11. The number of rotatable bonds is 9. The molecule has 2 aromatic carbocycles. The van der Waals surface area contributed by atoms with Crippen LogP contribution in [-0.4, -0.2) is 22.3 Å². The van der Waals surface area contributed by atoms with E-state index < -0.39 is 10.8 Å². The topological polar surface area (TPSA) is 89.5 Å². The zero-order valence-electron chi connectivity index (χ0n) is 16.2. The highest BCUT2D eigenvalue weighted by Crippen LogP contribution is 2.24. The number of hydrogen-bond acceptors (Lipinski definition) is 5. The summed E-state index contributed by atoms with van der Waals surface area (Å²) in [5.41, 5.74) is 7.14. The number of nitrogens with zero attached hydrogens (tertiary/aromatic N) is 2. The Labute approximate surface area is 173 Å². The predicted octanol–water partition coefficient (Wildman–Crippen LogP) is 4.31. The van der Waals surface area contributed by atoms with E-state index in [1.807, 2.05) is 18.2 Å². The minimum atomic E-state index is -0.672. The van der Waals surface area contributed by atoms with E-state index in [1.165, 1.54) is 21.4 Å². The fourth-order valence-corrected chi connectivity index (χ4v) is 4.13. The number of nitro groups is 1. The molecular weight excluding hydrogens is 386 g/mol. The second-order valence-electron chi connectivity index (χ2n) is 6.92. The predicted molar refractivity (Wildman–Crippen MR) is 115 cm³/mol. The van der Waals surface area contributed by atoms with Crippen molar-refractivity contribution in [2.45, 2.75) is 26.4 Å². The Morgan fingerprint density at radius 3 is 2.48 bits per heavy atom. The summed E-state index contributed by atoms with van der Waals surface area (Å²) in [5.74, 6) is -0.672. The number of benzene rings is 2. The minimum Gasteiger partial charge on any atom is -0.366 e. The van der Waals surface area contributed by atoms with Gasteiger partial charge in [0.2, 0.25) is 5.91 Å². The lowest BCUT2D eigenvalue weighted by molar-refractivity contribution is -0.385. The molecule has 3 rings (SSSR count). The first-order chi connectivity index (χ1) is 13.9. The van der Waals surface area contributed by atoms with Gasteiger partial charge in [-0.25, -0.2) is 0 Å². The summed E-state index contributed by atoms with van der Waals surface area (Å²) in [6.07, 6.45) is 0.846. The van der Waals surface area contributed by atoms with Gasteiger partial charge in [-0.3, -0.25) is 19.8 Å². The smallest absolute Gasteiger partial charge is 0.274 e. The van der Waals surface area contributed by atoms with Gasteiger partial charge in [-0.05, 0) is 37.1 Å². The number of carbonyl (C=O) groups is 1. The number of carbonyl (C=O) groups excluding carboxylic acids is 1. The van der Waals surface area contributed by atoms with Crippen LogP contribution in [0.2, 0.25) is 0 Å². The molecule has 2 N–H and O–H groups in total. The third kappa shape index (κ3) is 5.73. The molecule has 0 radical (unpaired) electrons. The number of amides is 1. The van der Waals surface area contributed by atoms with Crippen LogP contribution >= 0.6 is 11.3 Å². The van der Waals surface area contributed by atoms with Crippen LogP contribution in [0.1, 0.15) is 31.2 Å². The second-order valence-corrected chi connectivity index (χ2v) is 8.30. The summed E-state index contributed by atoms with van der Waals surface area (Å²) in [5, 5.41) is 11.6. The average Bonchev–Trinajstić information content (AvgIpc) is 3.11. The summed E-state index contributed by atoms with van der Waals surface area (Å²) >= 11 is 1.73. The zero-order valence-corrected chi connectivity index (χ0v) is 17.0. The van der Waals surface area contributed by atoms with Crippen LogP contribution < -0.4 is 5.73 Å². The van der Waals surface area contributed by atoms with Crippen LogP contribution in [-0.2, 0) is 19.5 Å². The monoisotopic (exact) mass is 409 g/mol. The minimum absolute atomic E-state index is 0.0756. The number of nitrogens with two attached hydrogens (primary N) is 1. The Hall–Kier alpha value is -3.03. The molecule has 0 bridgehead atoms. The van der Waals surface area contributed by atoms with Crippen LogP contribution in [0, 0.1) is 17.0 Å². The lowest BCUT2D eigenvalue weighted by Crippen LogP contribution is -2.25. The third-order valence-corrected chi connectivity index (χ3v) is 5.68. The van der Waals surface area contributed by atoms with Crippen molar-refractivity contribution in [3.05, 3.63) is 97.2 Å². The third-order valence-electron chi connectivity index (χ3n) is 4.70. The number of hydrogen-bond donors (Lipinski definition) is 1. The summed E-state index contributed by atoms with van der Waals surface area (Å²) < 4.78 is 0. The van der Waals surface area contributed by atoms with Gasteiger partial charge in [-0.15, -0.1) is 11.3 Å². The van der Waals surface area contributed by atoms with Crippen molar-refractivity contribution in [2.75, 3.05) is 6.54 Å². The van der Waals surface area contributed by atoms with Gasteiger partial charge in [0.1, 0.15) is 0 Å². The van der Waals surface area contributed by atoms with Gasteiger partial charge in [0, 0.05) is 46.6 Å². The molecule has 0 aliphatic rings. The molecule has 0 saturated carbocycles. The quantitative estimate of drug-likeness (QED) is 0.421. The SMILES string of the molecule is Cc1ccc(CN(CCc2ccccc2)Cc2ccc(C(N)=O)cc2[N+](=O)[O-])s1. The zero-order chi connectivity index (χ0) is 20.8. The highest BCUT2D eigenvalue weighted by Gasteiger charge is 2.19. The van der Waals surface area contributed by atoms with Crippen molar-refractivity contribution in [1.29, 1.82) is 0 Å². The molecule has 1 amide bonds. The van der Waals surface area contributed by atoms with Gasteiger partial charge >= 0.3 is 0 Å². The molecule has 0 saturated heterocycles. The Morgan fingerprint density at radius 1 is 1.10 bits per heavy atom. The van der Waals surface area contributed by atoms with Crippen molar-refractivity contribution < 1.29 is 9.72 Å². The van der Waals surface area contributed by atoms with Crippen LogP contribution in [0.5, 0.6) is 0 Å². The van der Waals surface area contributed by atoms with Crippen molar-refractivity contribution >= 4 is 22.9 Å². The fraction of sp³-hybridized carbons (Fsp3) is 0.227. The van der Waals surface area contributed by atoms with E-state index in [1.54, 1.807) is 23.5 Å². The fourth-order valence-electron chi connectivity index (χ4n) is 3.20. The van der Waals surface area contributed by atoms with Crippen LogP contribution in [0.4, 0.5) is 5.69 Å². The number of primary amides is 1. The molecule has 6 nitrogen and oxygen atoms in total. The van der Waals surface area contributed by atoms with E-state index in [-0.39, 0.29) is 11.3 Å². The number of aryl methyl sites for hydroxylation is 1. The number of nitro benzene ring substituents is 1. The molecule has 1 aromatic heterocycles. The molecule has 0 aliphatic heterocycles. The first-order valence-electron chi connectivity index (χ1n) is 9.31. The summed E-state index contributed by atoms with van der Waals surface area (Å²) in [7, 11) is 0. The van der Waals surface area contributed by atoms with E-state index in [9.17, 15) is 14.9 Å². The molecule has 150 valence electrons. The Morgan fingerprint density at radius 2 is 1.86 bits per heavy atom. The largest absolute Gasteiger partial charge is 0.366 e. The molecule has 0 spiro atoms. The maximum atomic E-state index is 11.6. The summed E-state index contributed by atoms with van der Waals surface area (Å²) in [4.78, 5) is 27.2.